The van der Waals surface area contributed by atoms with Gasteiger partial charge in [0.2, 0.25) is 0 Å². The molecule has 2 unspecified atom stereocenters. The molecule has 0 aromatic heterocycles. The van der Waals surface area contributed by atoms with Gasteiger partial charge in [0.1, 0.15) is 12.4 Å². The predicted octanol–water partition coefficient (Wildman–Crippen LogP) is 2.62. The third-order valence-electron chi connectivity index (χ3n) is 3.66. The molecule has 0 saturated carbocycles. The van der Waals surface area contributed by atoms with E-state index in [2.05, 4.69) is 29.6 Å². The Morgan fingerprint density at radius 2 is 1.78 bits per heavy atom. The standard InChI is InChI=1S/C19H26N2O2/c1-15(22)13-21-18(10-7-16-5-3-2-4-6-16)14-23-19-11-8-17(20)9-12-19/h2-6,8-9,11-12,15,18,21-22H,7,10,13-14,20H2,1H3. The Kier molecular flexibility index (Phi) is 6.91. The van der Waals surface area contributed by atoms with Gasteiger partial charge in [-0.15, -0.1) is 0 Å². The summed E-state index contributed by atoms with van der Waals surface area (Å²) in [4.78, 5) is 0. The van der Waals surface area contributed by atoms with Crippen LogP contribution in [0.25, 0.3) is 0 Å². The SMILES string of the molecule is CC(O)CNC(CCc1ccccc1)COc1ccc(N)cc1. The summed E-state index contributed by atoms with van der Waals surface area (Å²) in [6.07, 6.45) is 1.56. The second kappa shape index (κ2) is 9.18. The van der Waals surface area contributed by atoms with Crippen LogP contribution in [0.2, 0.25) is 0 Å². The van der Waals surface area contributed by atoms with Crippen LogP contribution >= 0.6 is 0 Å². The van der Waals surface area contributed by atoms with Crippen molar-refractivity contribution >= 4 is 5.69 Å². The van der Waals surface area contributed by atoms with E-state index >= 15 is 0 Å². The van der Waals surface area contributed by atoms with Crippen molar-refractivity contribution in [2.45, 2.75) is 31.9 Å². The lowest BCUT2D eigenvalue weighted by Crippen LogP contribution is -2.39. The van der Waals surface area contributed by atoms with E-state index in [-0.39, 0.29) is 12.1 Å². The van der Waals surface area contributed by atoms with E-state index in [4.69, 9.17) is 10.5 Å². The van der Waals surface area contributed by atoms with Crippen molar-refractivity contribution in [1.29, 1.82) is 0 Å². The molecule has 4 heteroatoms. The summed E-state index contributed by atoms with van der Waals surface area (Å²) < 4.78 is 5.84. The zero-order valence-electron chi connectivity index (χ0n) is 13.6. The normalized spacial score (nSPS) is 13.5. The summed E-state index contributed by atoms with van der Waals surface area (Å²) in [7, 11) is 0. The lowest BCUT2D eigenvalue weighted by Gasteiger charge is -2.20. The molecule has 0 heterocycles. The Hall–Kier alpha value is -2.04. The van der Waals surface area contributed by atoms with Crippen molar-refractivity contribution in [3.63, 3.8) is 0 Å². The maximum absolute atomic E-state index is 9.49. The summed E-state index contributed by atoms with van der Waals surface area (Å²) in [5.74, 6) is 0.808. The minimum Gasteiger partial charge on any atom is -0.492 e. The Labute approximate surface area is 138 Å². The van der Waals surface area contributed by atoms with E-state index in [9.17, 15) is 5.11 Å². The maximum Gasteiger partial charge on any atom is 0.119 e. The molecule has 0 aliphatic rings. The minimum absolute atomic E-state index is 0.183. The first-order valence-electron chi connectivity index (χ1n) is 8.07. The Balaban J connectivity index is 1.86. The van der Waals surface area contributed by atoms with E-state index < -0.39 is 0 Å². The van der Waals surface area contributed by atoms with Crippen LogP contribution in [-0.2, 0) is 6.42 Å². The largest absolute Gasteiger partial charge is 0.492 e. The smallest absolute Gasteiger partial charge is 0.119 e. The van der Waals surface area contributed by atoms with E-state index in [1.54, 1.807) is 6.92 Å². The average Bonchev–Trinajstić information content (AvgIpc) is 2.56. The second-order valence-corrected chi connectivity index (χ2v) is 5.86. The third kappa shape index (κ3) is 6.72. The molecule has 0 amide bonds. The molecule has 4 N–H and O–H groups in total. The van der Waals surface area contributed by atoms with Gasteiger partial charge >= 0.3 is 0 Å². The lowest BCUT2D eigenvalue weighted by molar-refractivity contribution is 0.174. The molecule has 0 aliphatic heterocycles. The van der Waals surface area contributed by atoms with Crippen molar-refractivity contribution < 1.29 is 9.84 Å². The fourth-order valence-electron chi connectivity index (χ4n) is 2.33. The molecule has 0 fully saturated rings. The van der Waals surface area contributed by atoms with Crippen LogP contribution < -0.4 is 15.8 Å². The lowest BCUT2D eigenvalue weighted by atomic mass is 10.1. The Morgan fingerprint density at radius 1 is 1.09 bits per heavy atom. The zero-order chi connectivity index (χ0) is 16.5. The highest BCUT2D eigenvalue weighted by Crippen LogP contribution is 2.14. The number of nitrogens with two attached hydrogens (primary N) is 1. The number of rotatable bonds is 9. The molecule has 0 saturated heterocycles. The van der Waals surface area contributed by atoms with E-state index in [0.717, 1.165) is 24.3 Å². The van der Waals surface area contributed by atoms with Crippen molar-refractivity contribution in [3.05, 3.63) is 60.2 Å². The molecule has 0 aliphatic carbocycles. The number of nitrogens with one attached hydrogen (secondary N) is 1. The molecule has 2 rings (SSSR count). The molecule has 124 valence electrons. The van der Waals surface area contributed by atoms with E-state index in [1.807, 2.05) is 30.3 Å². The van der Waals surface area contributed by atoms with Crippen molar-refractivity contribution in [1.82, 2.24) is 5.32 Å². The molecule has 23 heavy (non-hydrogen) atoms. The third-order valence-corrected chi connectivity index (χ3v) is 3.66. The van der Waals surface area contributed by atoms with Gasteiger partial charge in [-0.3, -0.25) is 0 Å². The molecule has 2 aromatic carbocycles. The minimum atomic E-state index is -0.370. The van der Waals surface area contributed by atoms with Crippen molar-refractivity contribution in [2.24, 2.45) is 0 Å². The van der Waals surface area contributed by atoms with Crippen LogP contribution in [0.4, 0.5) is 5.69 Å². The van der Waals surface area contributed by atoms with Gasteiger partial charge in [0.15, 0.2) is 0 Å². The van der Waals surface area contributed by atoms with E-state index in [1.165, 1.54) is 5.56 Å². The molecule has 4 nitrogen and oxygen atoms in total. The molecular formula is C19H26N2O2. The number of ether oxygens (including phenoxy) is 1. The highest BCUT2D eigenvalue weighted by atomic mass is 16.5. The highest BCUT2D eigenvalue weighted by Gasteiger charge is 2.11. The van der Waals surface area contributed by atoms with Crippen LogP contribution in [0, 0.1) is 0 Å². The quantitative estimate of drug-likeness (QED) is 0.622. The van der Waals surface area contributed by atoms with Crippen LogP contribution in [0.1, 0.15) is 18.9 Å². The number of aliphatic hydroxyl groups is 1. The predicted molar refractivity (Wildman–Crippen MR) is 94.6 cm³/mol. The molecule has 2 atom stereocenters. The number of nitrogen functional groups attached to an aromatic ring is 1. The molecule has 0 spiro atoms. The van der Waals surface area contributed by atoms with Crippen LogP contribution in [0.15, 0.2) is 54.6 Å². The topological polar surface area (TPSA) is 67.5 Å². The summed E-state index contributed by atoms with van der Waals surface area (Å²) >= 11 is 0. The number of anilines is 1. The number of aliphatic hydroxyl groups excluding tert-OH is 1. The number of hydrogen-bond acceptors (Lipinski definition) is 4. The Bertz CT molecular complexity index is 555. The molecular weight excluding hydrogens is 288 g/mol. The summed E-state index contributed by atoms with van der Waals surface area (Å²) in [5, 5.41) is 12.9. The maximum atomic E-state index is 9.49. The van der Waals surface area contributed by atoms with Gasteiger partial charge in [-0.2, -0.15) is 0 Å². The van der Waals surface area contributed by atoms with Crippen LogP contribution in [-0.4, -0.2) is 30.4 Å². The average molecular weight is 314 g/mol. The first kappa shape index (κ1) is 17.3. The Morgan fingerprint density at radius 3 is 2.43 bits per heavy atom. The highest BCUT2D eigenvalue weighted by molar-refractivity contribution is 5.41. The van der Waals surface area contributed by atoms with Crippen molar-refractivity contribution in [2.75, 3.05) is 18.9 Å². The zero-order valence-corrected chi connectivity index (χ0v) is 13.6. The van der Waals surface area contributed by atoms with Gasteiger partial charge in [-0.25, -0.2) is 0 Å². The van der Waals surface area contributed by atoms with E-state index in [0.29, 0.717) is 13.2 Å². The fourth-order valence-corrected chi connectivity index (χ4v) is 2.33. The summed E-state index contributed by atoms with van der Waals surface area (Å²) in [6.45, 7) is 2.90. The van der Waals surface area contributed by atoms with Gasteiger partial charge in [0.25, 0.3) is 0 Å². The fraction of sp³-hybridized carbons (Fsp3) is 0.368. The second-order valence-electron chi connectivity index (χ2n) is 5.86. The number of benzene rings is 2. The first-order chi connectivity index (χ1) is 11.1. The number of hydrogen-bond donors (Lipinski definition) is 3. The summed E-state index contributed by atoms with van der Waals surface area (Å²) in [6, 6.07) is 18.0. The van der Waals surface area contributed by atoms with Crippen molar-refractivity contribution in [3.8, 4) is 5.75 Å². The molecule has 0 bridgehead atoms. The van der Waals surface area contributed by atoms with Gasteiger partial charge in [0, 0.05) is 18.3 Å². The van der Waals surface area contributed by atoms with Gasteiger partial charge < -0.3 is 20.9 Å². The molecule has 2 aromatic rings. The molecule has 0 radical (unpaired) electrons. The van der Waals surface area contributed by atoms with Crippen LogP contribution in [0.3, 0.4) is 0 Å². The van der Waals surface area contributed by atoms with Gasteiger partial charge in [-0.05, 0) is 49.6 Å². The monoisotopic (exact) mass is 314 g/mol. The number of aryl methyl sites for hydroxylation is 1. The van der Waals surface area contributed by atoms with Gasteiger partial charge in [-0.1, -0.05) is 30.3 Å². The first-order valence-corrected chi connectivity index (χ1v) is 8.07. The summed E-state index contributed by atoms with van der Waals surface area (Å²) in [5.41, 5.74) is 7.72. The van der Waals surface area contributed by atoms with Crippen LogP contribution in [0.5, 0.6) is 5.75 Å². The van der Waals surface area contributed by atoms with Gasteiger partial charge in [0.05, 0.1) is 6.10 Å².